The van der Waals surface area contributed by atoms with Crippen LogP contribution in [0.5, 0.6) is 0 Å². The zero-order chi connectivity index (χ0) is 20.2. The standard InChI is InChI=1S/C21H27N7O/c1-3-18-24-25-19-10-11-20(26-28(18)19)27-12-4-5-16(14-27)13-22-21(29)23-17-8-6-15(2)7-9-17/h6-11,16H,3-5,12-14H2,1-2H3,(H2,22,23,29). The highest BCUT2D eigenvalue weighted by molar-refractivity contribution is 5.89. The van der Waals surface area contributed by atoms with E-state index in [9.17, 15) is 4.79 Å². The van der Waals surface area contributed by atoms with Gasteiger partial charge in [-0.1, -0.05) is 24.6 Å². The van der Waals surface area contributed by atoms with Crippen LogP contribution in [-0.2, 0) is 6.42 Å². The van der Waals surface area contributed by atoms with Crippen molar-refractivity contribution >= 4 is 23.2 Å². The number of nitrogens with zero attached hydrogens (tertiary/aromatic N) is 5. The summed E-state index contributed by atoms with van der Waals surface area (Å²) in [5, 5.41) is 19.0. The maximum absolute atomic E-state index is 12.2. The van der Waals surface area contributed by atoms with Crippen LogP contribution in [0.4, 0.5) is 16.3 Å². The third-order valence-electron chi connectivity index (χ3n) is 5.33. The van der Waals surface area contributed by atoms with Crippen molar-refractivity contribution in [2.45, 2.75) is 33.1 Å². The second-order valence-corrected chi connectivity index (χ2v) is 7.59. The minimum Gasteiger partial charge on any atom is -0.355 e. The van der Waals surface area contributed by atoms with E-state index in [0.717, 1.165) is 55.3 Å². The van der Waals surface area contributed by atoms with Gasteiger partial charge in [0.1, 0.15) is 5.82 Å². The van der Waals surface area contributed by atoms with Crippen LogP contribution in [-0.4, -0.2) is 45.5 Å². The van der Waals surface area contributed by atoms with Crippen molar-refractivity contribution in [2.24, 2.45) is 5.92 Å². The van der Waals surface area contributed by atoms with E-state index in [2.05, 4.69) is 32.7 Å². The molecule has 1 saturated heterocycles. The van der Waals surface area contributed by atoms with Crippen molar-refractivity contribution in [1.29, 1.82) is 0 Å². The van der Waals surface area contributed by atoms with E-state index in [0.29, 0.717) is 12.5 Å². The van der Waals surface area contributed by atoms with Gasteiger partial charge in [0.2, 0.25) is 0 Å². The Hall–Kier alpha value is -3.16. The van der Waals surface area contributed by atoms with Gasteiger partial charge >= 0.3 is 6.03 Å². The lowest BCUT2D eigenvalue weighted by molar-refractivity contribution is 0.249. The van der Waals surface area contributed by atoms with Crippen molar-refractivity contribution in [3.8, 4) is 0 Å². The molecule has 2 aromatic heterocycles. The summed E-state index contributed by atoms with van der Waals surface area (Å²) in [6.07, 6.45) is 2.96. The van der Waals surface area contributed by atoms with Crippen molar-refractivity contribution in [2.75, 3.05) is 29.9 Å². The van der Waals surface area contributed by atoms with Crippen LogP contribution in [0.25, 0.3) is 5.65 Å². The number of hydrogen-bond donors (Lipinski definition) is 2. The Balaban J connectivity index is 1.34. The Kier molecular flexibility index (Phi) is 5.59. The molecule has 2 amide bonds. The van der Waals surface area contributed by atoms with E-state index in [-0.39, 0.29) is 6.03 Å². The molecule has 3 heterocycles. The number of urea groups is 1. The minimum absolute atomic E-state index is 0.164. The average molecular weight is 393 g/mol. The first kappa shape index (κ1) is 19.2. The molecule has 8 heteroatoms. The molecule has 1 aromatic carbocycles. The Bertz CT molecular complexity index is 982. The number of hydrogen-bond acceptors (Lipinski definition) is 5. The summed E-state index contributed by atoms with van der Waals surface area (Å²) in [4.78, 5) is 14.5. The van der Waals surface area contributed by atoms with Gasteiger partial charge in [0.05, 0.1) is 0 Å². The van der Waals surface area contributed by atoms with Crippen LogP contribution in [0.15, 0.2) is 36.4 Å². The number of amides is 2. The quantitative estimate of drug-likeness (QED) is 0.696. The van der Waals surface area contributed by atoms with Crippen molar-refractivity contribution < 1.29 is 4.79 Å². The third-order valence-corrected chi connectivity index (χ3v) is 5.33. The summed E-state index contributed by atoms with van der Waals surface area (Å²) in [7, 11) is 0. The van der Waals surface area contributed by atoms with Gasteiger partial charge < -0.3 is 15.5 Å². The topological polar surface area (TPSA) is 87.5 Å². The first-order valence-corrected chi connectivity index (χ1v) is 10.2. The molecule has 4 rings (SSSR count). The second kappa shape index (κ2) is 8.46. The van der Waals surface area contributed by atoms with Gasteiger partial charge in [-0.05, 0) is 49.9 Å². The molecule has 1 aliphatic rings. The Morgan fingerprint density at radius 2 is 2.00 bits per heavy atom. The number of benzene rings is 1. The summed E-state index contributed by atoms with van der Waals surface area (Å²) in [6.45, 7) is 6.55. The molecule has 1 aliphatic heterocycles. The van der Waals surface area contributed by atoms with Gasteiger partial charge in [0, 0.05) is 31.7 Å². The molecule has 0 spiro atoms. The number of piperidine rings is 1. The monoisotopic (exact) mass is 393 g/mol. The summed E-state index contributed by atoms with van der Waals surface area (Å²) < 4.78 is 1.83. The SMILES string of the molecule is CCc1nnc2ccc(N3CCCC(CNC(=O)Nc4ccc(C)cc4)C3)nn12. The van der Waals surface area contributed by atoms with Gasteiger partial charge in [-0.25, -0.2) is 4.79 Å². The molecule has 1 atom stereocenters. The number of anilines is 2. The fourth-order valence-corrected chi connectivity index (χ4v) is 3.70. The number of carbonyl (C=O) groups excluding carboxylic acids is 1. The van der Waals surface area contributed by atoms with E-state index in [1.165, 1.54) is 5.56 Å². The van der Waals surface area contributed by atoms with Gasteiger partial charge in [0.25, 0.3) is 0 Å². The van der Waals surface area contributed by atoms with Gasteiger partial charge in [-0.2, -0.15) is 4.52 Å². The Labute approximate surface area is 170 Å². The van der Waals surface area contributed by atoms with Gasteiger partial charge in [-0.3, -0.25) is 0 Å². The van der Waals surface area contributed by atoms with Gasteiger partial charge in [0.15, 0.2) is 11.5 Å². The molecule has 0 bridgehead atoms. The summed E-state index contributed by atoms with van der Waals surface area (Å²) >= 11 is 0. The maximum atomic E-state index is 12.2. The number of fused-ring (bicyclic) bond motifs is 1. The predicted octanol–water partition coefficient (Wildman–Crippen LogP) is 3.03. The van der Waals surface area contributed by atoms with Crippen LogP contribution in [0.2, 0.25) is 0 Å². The molecule has 1 fully saturated rings. The highest BCUT2D eigenvalue weighted by Gasteiger charge is 2.22. The summed E-state index contributed by atoms with van der Waals surface area (Å²) in [6, 6.07) is 11.6. The van der Waals surface area contributed by atoms with Crippen molar-refractivity contribution in [3.05, 3.63) is 47.8 Å². The van der Waals surface area contributed by atoms with Crippen LogP contribution < -0.4 is 15.5 Å². The molecular formula is C21H27N7O. The molecule has 0 saturated carbocycles. The molecule has 2 N–H and O–H groups in total. The highest BCUT2D eigenvalue weighted by atomic mass is 16.2. The van der Waals surface area contributed by atoms with E-state index < -0.39 is 0 Å². The van der Waals surface area contributed by atoms with E-state index >= 15 is 0 Å². The molecular weight excluding hydrogens is 366 g/mol. The number of carbonyl (C=O) groups is 1. The molecule has 8 nitrogen and oxygen atoms in total. The highest BCUT2D eigenvalue weighted by Crippen LogP contribution is 2.22. The first-order chi connectivity index (χ1) is 14.1. The molecule has 3 aromatic rings. The molecule has 29 heavy (non-hydrogen) atoms. The smallest absolute Gasteiger partial charge is 0.319 e. The fraction of sp³-hybridized carbons (Fsp3) is 0.429. The molecule has 0 radical (unpaired) electrons. The van der Waals surface area contributed by atoms with Crippen LogP contribution >= 0.6 is 0 Å². The van der Waals surface area contributed by atoms with Crippen LogP contribution in [0.3, 0.4) is 0 Å². The van der Waals surface area contributed by atoms with E-state index in [1.807, 2.05) is 47.8 Å². The van der Waals surface area contributed by atoms with Crippen molar-refractivity contribution in [3.63, 3.8) is 0 Å². The number of aryl methyl sites for hydroxylation is 2. The first-order valence-electron chi connectivity index (χ1n) is 10.2. The zero-order valence-electron chi connectivity index (χ0n) is 16.9. The minimum atomic E-state index is -0.164. The fourth-order valence-electron chi connectivity index (χ4n) is 3.70. The number of aromatic nitrogens is 4. The third kappa shape index (κ3) is 4.47. The second-order valence-electron chi connectivity index (χ2n) is 7.59. The summed E-state index contributed by atoms with van der Waals surface area (Å²) in [5.74, 6) is 2.18. The Morgan fingerprint density at radius 3 is 2.79 bits per heavy atom. The zero-order valence-corrected chi connectivity index (χ0v) is 16.9. The van der Waals surface area contributed by atoms with Crippen LogP contribution in [0, 0.1) is 12.8 Å². The lowest BCUT2D eigenvalue weighted by Gasteiger charge is -2.33. The maximum Gasteiger partial charge on any atom is 0.319 e. The van der Waals surface area contributed by atoms with Gasteiger partial charge in [-0.15, -0.1) is 15.3 Å². The van der Waals surface area contributed by atoms with Crippen LogP contribution in [0.1, 0.15) is 31.2 Å². The largest absolute Gasteiger partial charge is 0.355 e. The molecule has 152 valence electrons. The number of nitrogens with one attached hydrogen (secondary N) is 2. The molecule has 1 unspecified atom stereocenters. The van der Waals surface area contributed by atoms with E-state index in [1.54, 1.807) is 0 Å². The summed E-state index contributed by atoms with van der Waals surface area (Å²) in [5.41, 5.74) is 2.74. The normalized spacial score (nSPS) is 16.8. The Morgan fingerprint density at radius 1 is 1.17 bits per heavy atom. The lowest BCUT2D eigenvalue weighted by atomic mass is 9.98. The predicted molar refractivity (Wildman–Crippen MR) is 113 cm³/mol. The average Bonchev–Trinajstić information content (AvgIpc) is 3.16. The molecule has 0 aliphatic carbocycles. The lowest BCUT2D eigenvalue weighted by Crippen LogP contribution is -2.42. The van der Waals surface area contributed by atoms with E-state index in [4.69, 9.17) is 5.10 Å². The number of rotatable bonds is 5. The van der Waals surface area contributed by atoms with Crippen molar-refractivity contribution in [1.82, 2.24) is 25.1 Å².